The molecule has 1 heterocycles. The summed E-state index contributed by atoms with van der Waals surface area (Å²) in [4.78, 5) is 0. The third-order valence-corrected chi connectivity index (χ3v) is 2.93. The summed E-state index contributed by atoms with van der Waals surface area (Å²) >= 11 is 5.12. The molecule has 0 bridgehead atoms. The summed E-state index contributed by atoms with van der Waals surface area (Å²) in [6.07, 6.45) is 0. The molecule has 0 radical (unpaired) electrons. The van der Waals surface area contributed by atoms with E-state index in [-0.39, 0.29) is 5.75 Å². The molecular formula is C12H13F2N3O2S. The van der Waals surface area contributed by atoms with Gasteiger partial charge in [-0.3, -0.25) is 9.67 Å². The number of hydrogen-bond donors (Lipinski definition) is 1. The highest BCUT2D eigenvalue weighted by Gasteiger charge is 2.16. The number of para-hydroxylation sites is 1. The van der Waals surface area contributed by atoms with Crippen molar-refractivity contribution >= 4 is 12.2 Å². The highest BCUT2D eigenvalue weighted by molar-refractivity contribution is 7.71. The maximum absolute atomic E-state index is 12.4. The van der Waals surface area contributed by atoms with Crippen LogP contribution < -0.4 is 4.74 Å². The van der Waals surface area contributed by atoms with E-state index in [2.05, 4.69) is 14.9 Å². The molecule has 2 rings (SSSR count). The Kier molecular flexibility index (Phi) is 4.80. The molecule has 0 amide bonds. The number of H-pyrrole nitrogens is 1. The van der Waals surface area contributed by atoms with Crippen LogP contribution in [0.5, 0.6) is 5.75 Å². The van der Waals surface area contributed by atoms with Crippen LogP contribution in [0.3, 0.4) is 0 Å². The number of halogens is 2. The summed E-state index contributed by atoms with van der Waals surface area (Å²) in [7, 11) is 1.57. The van der Waals surface area contributed by atoms with E-state index in [1.807, 2.05) is 0 Å². The molecule has 0 aliphatic rings. The molecule has 5 nitrogen and oxygen atoms in total. The van der Waals surface area contributed by atoms with Crippen molar-refractivity contribution in [1.82, 2.24) is 14.8 Å². The van der Waals surface area contributed by atoms with E-state index in [9.17, 15) is 8.78 Å². The molecule has 1 aromatic heterocycles. The first-order valence-corrected chi connectivity index (χ1v) is 6.22. The summed E-state index contributed by atoms with van der Waals surface area (Å²) in [6.45, 7) is -2.01. The Morgan fingerprint density at radius 1 is 1.40 bits per heavy atom. The molecule has 0 aliphatic heterocycles. The third kappa shape index (κ3) is 3.20. The van der Waals surface area contributed by atoms with Crippen molar-refractivity contribution in [2.24, 2.45) is 0 Å². The van der Waals surface area contributed by atoms with Crippen molar-refractivity contribution in [3.05, 3.63) is 29.0 Å². The fraction of sp³-hybridized carbons (Fsp3) is 0.333. The molecule has 108 valence electrons. The quantitative estimate of drug-likeness (QED) is 0.834. The van der Waals surface area contributed by atoms with Gasteiger partial charge in [-0.25, -0.2) is 0 Å². The molecule has 0 atom stereocenters. The maximum atomic E-state index is 12.4. The molecule has 1 N–H and O–H groups in total. The number of nitrogens with zero attached hydrogens (tertiary/aromatic N) is 2. The van der Waals surface area contributed by atoms with Gasteiger partial charge in [0.15, 0.2) is 10.6 Å². The summed E-state index contributed by atoms with van der Waals surface area (Å²) < 4.78 is 36.4. The Hall–Kier alpha value is -1.80. The number of benzene rings is 1. The number of aromatic nitrogens is 3. The van der Waals surface area contributed by atoms with Gasteiger partial charge in [-0.15, -0.1) is 0 Å². The van der Waals surface area contributed by atoms with Crippen LogP contribution in [0.1, 0.15) is 0 Å². The van der Waals surface area contributed by atoms with Crippen LogP contribution in [0.4, 0.5) is 8.78 Å². The van der Waals surface area contributed by atoms with Crippen LogP contribution in [0.15, 0.2) is 24.3 Å². The zero-order valence-electron chi connectivity index (χ0n) is 10.7. The number of nitrogens with one attached hydrogen (secondary N) is 1. The molecule has 2 aromatic rings. The van der Waals surface area contributed by atoms with E-state index in [0.717, 1.165) is 0 Å². The van der Waals surface area contributed by atoms with Crippen molar-refractivity contribution in [1.29, 1.82) is 0 Å². The Morgan fingerprint density at radius 3 is 2.85 bits per heavy atom. The van der Waals surface area contributed by atoms with Crippen LogP contribution in [-0.2, 0) is 11.3 Å². The van der Waals surface area contributed by atoms with E-state index < -0.39 is 6.61 Å². The average molecular weight is 301 g/mol. The largest absolute Gasteiger partial charge is 0.434 e. The van der Waals surface area contributed by atoms with Crippen LogP contribution in [0.25, 0.3) is 11.4 Å². The molecule has 0 aliphatic carbocycles. The van der Waals surface area contributed by atoms with E-state index >= 15 is 0 Å². The molecule has 20 heavy (non-hydrogen) atoms. The first-order chi connectivity index (χ1) is 9.63. The van der Waals surface area contributed by atoms with Crippen molar-refractivity contribution < 1.29 is 18.3 Å². The van der Waals surface area contributed by atoms with Crippen LogP contribution in [0, 0.1) is 4.77 Å². The van der Waals surface area contributed by atoms with Gasteiger partial charge in [-0.1, -0.05) is 12.1 Å². The fourth-order valence-corrected chi connectivity index (χ4v) is 1.99. The minimum atomic E-state index is -2.90. The molecule has 0 fully saturated rings. The van der Waals surface area contributed by atoms with Gasteiger partial charge in [0.2, 0.25) is 0 Å². The SMILES string of the molecule is COCCn1c(-c2ccccc2OC(F)F)n[nH]c1=S. The van der Waals surface area contributed by atoms with Gasteiger partial charge in [0.05, 0.1) is 18.7 Å². The van der Waals surface area contributed by atoms with Gasteiger partial charge in [-0.2, -0.15) is 13.9 Å². The van der Waals surface area contributed by atoms with Crippen molar-refractivity contribution in [3.8, 4) is 17.1 Å². The van der Waals surface area contributed by atoms with E-state index in [4.69, 9.17) is 17.0 Å². The first-order valence-electron chi connectivity index (χ1n) is 5.82. The van der Waals surface area contributed by atoms with Crippen molar-refractivity contribution in [2.75, 3.05) is 13.7 Å². The summed E-state index contributed by atoms with van der Waals surface area (Å²) in [5.41, 5.74) is 0.441. The van der Waals surface area contributed by atoms with Gasteiger partial charge >= 0.3 is 6.61 Å². The molecule has 8 heteroatoms. The highest BCUT2D eigenvalue weighted by Crippen LogP contribution is 2.29. The lowest BCUT2D eigenvalue weighted by Crippen LogP contribution is -2.08. The number of alkyl halides is 2. The van der Waals surface area contributed by atoms with Gasteiger partial charge in [-0.05, 0) is 24.4 Å². The standard InChI is InChI=1S/C12H13F2N3O2S/c1-18-7-6-17-10(15-16-12(17)20)8-4-2-3-5-9(8)19-11(13)14/h2-5,11H,6-7H2,1H3,(H,16,20). The highest BCUT2D eigenvalue weighted by atomic mass is 32.1. The minimum absolute atomic E-state index is 0.0511. The zero-order chi connectivity index (χ0) is 14.5. The number of ether oxygens (including phenoxy) is 2. The predicted molar refractivity (Wildman–Crippen MR) is 71.4 cm³/mol. The Labute approximate surface area is 119 Å². The topological polar surface area (TPSA) is 52.1 Å². The second-order valence-corrected chi connectivity index (χ2v) is 4.26. The van der Waals surface area contributed by atoms with Gasteiger partial charge in [0, 0.05) is 7.11 Å². The van der Waals surface area contributed by atoms with Crippen LogP contribution in [0.2, 0.25) is 0 Å². The van der Waals surface area contributed by atoms with Crippen molar-refractivity contribution in [2.45, 2.75) is 13.2 Å². The molecule has 0 unspecified atom stereocenters. The Morgan fingerprint density at radius 2 is 2.15 bits per heavy atom. The lowest BCUT2D eigenvalue weighted by atomic mass is 10.2. The second kappa shape index (κ2) is 6.58. The van der Waals surface area contributed by atoms with Gasteiger partial charge in [0.25, 0.3) is 0 Å². The molecule has 0 spiro atoms. The third-order valence-electron chi connectivity index (χ3n) is 2.62. The van der Waals surface area contributed by atoms with Crippen molar-refractivity contribution in [3.63, 3.8) is 0 Å². The van der Waals surface area contributed by atoms with E-state index in [0.29, 0.717) is 29.3 Å². The summed E-state index contributed by atoms with van der Waals surface area (Å²) in [5, 5.41) is 6.71. The average Bonchev–Trinajstić information content (AvgIpc) is 2.77. The zero-order valence-corrected chi connectivity index (χ0v) is 11.5. The Balaban J connectivity index is 2.43. The molecule has 1 aromatic carbocycles. The predicted octanol–water partition coefficient (Wildman–Crippen LogP) is 2.86. The fourth-order valence-electron chi connectivity index (χ4n) is 1.76. The molecular weight excluding hydrogens is 288 g/mol. The maximum Gasteiger partial charge on any atom is 0.387 e. The number of hydrogen-bond acceptors (Lipinski definition) is 4. The van der Waals surface area contributed by atoms with Crippen LogP contribution in [-0.4, -0.2) is 35.1 Å². The smallest absolute Gasteiger partial charge is 0.387 e. The normalized spacial score (nSPS) is 11.0. The van der Waals surface area contributed by atoms with Gasteiger partial charge < -0.3 is 9.47 Å². The first kappa shape index (κ1) is 14.6. The molecule has 0 saturated heterocycles. The molecule has 0 saturated carbocycles. The lowest BCUT2D eigenvalue weighted by Gasteiger charge is -2.11. The second-order valence-electron chi connectivity index (χ2n) is 3.87. The number of methoxy groups -OCH3 is 1. The monoisotopic (exact) mass is 301 g/mol. The lowest BCUT2D eigenvalue weighted by molar-refractivity contribution is -0.0494. The number of rotatable bonds is 6. The minimum Gasteiger partial charge on any atom is -0.434 e. The van der Waals surface area contributed by atoms with Gasteiger partial charge in [0.1, 0.15) is 5.75 Å². The van der Waals surface area contributed by atoms with Crippen LogP contribution >= 0.6 is 12.2 Å². The van der Waals surface area contributed by atoms with E-state index in [1.165, 1.54) is 6.07 Å². The summed E-state index contributed by atoms with van der Waals surface area (Å²) in [5.74, 6) is 0.485. The summed E-state index contributed by atoms with van der Waals surface area (Å²) in [6, 6.07) is 6.43. The van der Waals surface area contributed by atoms with E-state index in [1.54, 1.807) is 29.9 Å². The Bertz CT molecular complexity index is 627. The number of aromatic amines is 1.